The highest BCUT2D eigenvalue weighted by atomic mass is 16.3. The number of fused-ring (bicyclic) bond motifs is 1. The van der Waals surface area contributed by atoms with Crippen molar-refractivity contribution >= 4 is 11.1 Å². The van der Waals surface area contributed by atoms with E-state index in [0.29, 0.717) is 0 Å². The first kappa shape index (κ1) is 16.6. The minimum atomic E-state index is 0.826. The molecule has 2 aromatic heterocycles. The lowest BCUT2D eigenvalue weighted by Gasteiger charge is -2.08. The first-order valence-electron chi connectivity index (χ1n) is 8.98. The lowest BCUT2D eigenvalue weighted by molar-refractivity contribution is 0.630. The number of rotatable bonds is 2. The fraction of sp³-hybridized carbons (Fsp3) is 0.208. The Morgan fingerprint density at radius 2 is 1.31 bits per heavy atom. The summed E-state index contributed by atoms with van der Waals surface area (Å²) < 4.78 is 6.13. The summed E-state index contributed by atoms with van der Waals surface area (Å²) in [5.74, 6) is 0.889. The van der Waals surface area contributed by atoms with Crippen LogP contribution in [0, 0.1) is 34.6 Å². The zero-order chi connectivity index (χ0) is 18.4. The van der Waals surface area contributed by atoms with Gasteiger partial charge in [-0.05, 0) is 70.0 Å². The van der Waals surface area contributed by atoms with Gasteiger partial charge in [-0.15, -0.1) is 0 Å². The number of pyridine rings is 1. The van der Waals surface area contributed by atoms with Crippen LogP contribution in [-0.4, -0.2) is 4.98 Å². The number of benzene rings is 2. The molecule has 2 heterocycles. The largest absolute Gasteiger partial charge is 0.454 e. The first-order valence-corrected chi connectivity index (χ1v) is 8.98. The van der Waals surface area contributed by atoms with Crippen LogP contribution >= 0.6 is 0 Å². The van der Waals surface area contributed by atoms with Gasteiger partial charge in [0.15, 0.2) is 5.58 Å². The van der Waals surface area contributed by atoms with E-state index in [-0.39, 0.29) is 0 Å². The van der Waals surface area contributed by atoms with E-state index in [2.05, 4.69) is 71.0 Å². The van der Waals surface area contributed by atoms with E-state index >= 15 is 0 Å². The molecule has 0 atom stereocenters. The standard InChI is InChI=1S/C24H23NO/c1-14-8-15(2)12-19(11-14)20-6-7-22-21(25-20)13-23(26-22)24-17(4)9-16(3)10-18(24)5/h6-13H,1-5H3. The van der Waals surface area contributed by atoms with Crippen molar-refractivity contribution in [2.75, 3.05) is 0 Å². The Morgan fingerprint density at radius 1 is 0.692 bits per heavy atom. The minimum absolute atomic E-state index is 0.826. The molecule has 0 aliphatic carbocycles. The molecule has 0 radical (unpaired) electrons. The lowest BCUT2D eigenvalue weighted by Crippen LogP contribution is -1.88. The third kappa shape index (κ3) is 2.92. The fourth-order valence-corrected chi connectivity index (χ4v) is 3.90. The molecule has 4 aromatic rings. The monoisotopic (exact) mass is 341 g/mol. The summed E-state index contributed by atoms with van der Waals surface area (Å²) in [6.07, 6.45) is 0. The van der Waals surface area contributed by atoms with Crippen molar-refractivity contribution in [2.45, 2.75) is 34.6 Å². The van der Waals surface area contributed by atoms with Gasteiger partial charge in [0.2, 0.25) is 0 Å². The molecule has 0 fully saturated rings. The van der Waals surface area contributed by atoms with Crippen LogP contribution in [0.3, 0.4) is 0 Å². The van der Waals surface area contributed by atoms with E-state index in [1.165, 1.54) is 33.4 Å². The van der Waals surface area contributed by atoms with Gasteiger partial charge in [0.05, 0.1) is 5.69 Å². The van der Waals surface area contributed by atoms with E-state index < -0.39 is 0 Å². The summed E-state index contributed by atoms with van der Waals surface area (Å²) in [7, 11) is 0. The smallest absolute Gasteiger partial charge is 0.153 e. The average molecular weight is 341 g/mol. The van der Waals surface area contributed by atoms with Crippen molar-refractivity contribution in [1.29, 1.82) is 0 Å². The fourth-order valence-electron chi connectivity index (χ4n) is 3.90. The van der Waals surface area contributed by atoms with Gasteiger partial charge in [-0.3, -0.25) is 0 Å². The molecular formula is C24H23NO. The Balaban J connectivity index is 1.84. The summed E-state index contributed by atoms with van der Waals surface area (Å²) in [4.78, 5) is 4.86. The Bertz CT molecular complexity index is 1090. The molecule has 0 aliphatic rings. The SMILES string of the molecule is Cc1cc(C)cc(-c2ccc3oc(-c4c(C)cc(C)cc4C)cc3n2)c1. The maximum Gasteiger partial charge on any atom is 0.153 e. The number of hydrogen-bond donors (Lipinski definition) is 0. The highest BCUT2D eigenvalue weighted by Crippen LogP contribution is 2.33. The Hall–Kier alpha value is -2.87. The number of aromatic nitrogens is 1. The van der Waals surface area contributed by atoms with Gasteiger partial charge in [-0.1, -0.05) is 34.9 Å². The highest BCUT2D eigenvalue weighted by Gasteiger charge is 2.13. The highest BCUT2D eigenvalue weighted by molar-refractivity contribution is 5.83. The Labute approximate surface area is 154 Å². The van der Waals surface area contributed by atoms with Crippen molar-refractivity contribution < 1.29 is 4.42 Å². The molecule has 26 heavy (non-hydrogen) atoms. The maximum atomic E-state index is 6.13. The summed E-state index contributed by atoms with van der Waals surface area (Å²) in [5, 5.41) is 0. The van der Waals surface area contributed by atoms with Crippen LogP contribution < -0.4 is 0 Å². The van der Waals surface area contributed by atoms with Crippen LogP contribution in [0.5, 0.6) is 0 Å². The molecule has 0 bridgehead atoms. The molecule has 130 valence electrons. The zero-order valence-electron chi connectivity index (χ0n) is 16.0. The van der Waals surface area contributed by atoms with E-state index in [1.807, 2.05) is 12.1 Å². The third-order valence-corrected chi connectivity index (χ3v) is 4.81. The average Bonchev–Trinajstić information content (AvgIpc) is 2.95. The second-order valence-corrected chi connectivity index (χ2v) is 7.34. The summed E-state index contributed by atoms with van der Waals surface area (Å²) in [6.45, 7) is 10.6. The van der Waals surface area contributed by atoms with Crippen molar-refractivity contribution in [1.82, 2.24) is 4.98 Å². The molecule has 0 saturated carbocycles. The second-order valence-electron chi connectivity index (χ2n) is 7.34. The molecule has 0 amide bonds. The lowest BCUT2D eigenvalue weighted by atomic mass is 9.98. The van der Waals surface area contributed by atoms with Gasteiger partial charge in [0, 0.05) is 17.2 Å². The topological polar surface area (TPSA) is 26.0 Å². The second kappa shape index (κ2) is 6.14. The third-order valence-electron chi connectivity index (χ3n) is 4.81. The van der Waals surface area contributed by atoms with Crippen molar-refractivity contribution in [3.8, 4) is 22.6 Å². The van der Waals surface area contributed by atoms with Gasteiger partial charge in [-0.25, -0.2) is 4.98 Å². The summed E-state index contributed by atoms with van der Waals surface area (Å²) >= 11 is 0. The van der Waals surface area contributed by atoms with Crippen LogP contribution in [0.4, 0.5) is 0 Å². The molecule has 0 aliphatic heterocycles. The minimum Gasteiger partial charge on any atom is -0.454 e. The van der Waals surface area contributed by atoms with Gasteiger partial charge in [0.25, 0.3) is 0 Å². The van der Waals surface area contributed by atoms with E-state index in [9.17, 15) is 0 Å². The normalized spacial score (nSPS) is 11.3. The Kier molecular flexibility index (Phi) is 3.91. The number of aryl methyl sites for hydroxylation is 5. The van der Waals surface area contributed by atoms with Gasteiger partial charge in [-0.2, -0.15) is 0 Å². The predicted octanol–water partition coefficient (Wildman–Crippen LogP) is 6.70. The van der Waals surface area contributed by atoms with Gasteiger partial charge in [0.1, 0.15) is 11.3 Å². The Morgan fingerprint density at radius 3 is 1.96 bits per heavy atom. The zero-order valence-corrected chi connectivity index (χ0v) is 16.0. The van der Waals surface area contributed by atoms with Crippen molar-refractivity contribution in [3.05, 3.63) is 76.3 Å². The molecule has 2 heteroatoms. The van der Waals surface area contributed by atoms with E-state index in [0.717, 1.165) is 28.1 Å². The van der Waals surface area contributed by atoms with Crippen LogP contribution in [-0.2, 0) is 0 Å². The molecule has 0 unspecified atom stereocenters. The summed E-state index contributed by atoms with van der Waals surface area (Å²) in [6, 6.07) is 17.1. The molecule has 0 spiro atoms. The maximum absolute atomic E-state index is 6.13. The quantitative estimate of drug-likeness (QED) is 0.405. The summed E-state index contributed by atoms with van der Waals surface area (Å²) in [5.41, 5.74) is 11.3. The molecule has 0 saturated heterocycles. The van der Waals surface area contributed by atoms with E-state index in [4.69, 9.17) is 9.40 Å². The number of nitrogens with zero attached hydrogens (tertiary/aromatic N) is 1. The number of furan rings is 1. The van der Waals surface area contributed by atoms with Gasteiger partial charge >= 0.3 is 0 Å². The van der Waals surface area contributed by atoms with E-state index in [1.54, 1.807) is 0 Å². The van der Waals surface area contributed by atoms with Crippen molar-refractivity contribution in [2.24, 2.45) is 0 Å². The molecule has 2 aromatic carbocycles. The first-order chi connectivity index (χ1) is 12.4. The molecule has 0 N–H and O–H groups in total. The molecule has 2 nitrogen and oxygen atoms in total. The molecule has 4 rings (SSSR count). The van der Waals surface area contributed by atoms with Gasteiger partial charge < -0.3 is 4.42 Å². The molecular weight excluding hydrogens is 318 g/mol. The van der Waals surface area contributed by atoms with Crippen LogP contribution in [0.25, 0.3) is 33.7 Å². The van der Waals surface area contributed by atoms with Crippen LogP contribution in [0.1, 0.15) is 27.8 Å². The van der Waals surface area contributed by atoms with Crippen LogP contribution in [0.15, 0.2) is 52.9 Å². The van der Waals surface area contributed by atoms with Crippen molar-refractivity contribution in [3.63, 3.8) is 0 Å². The predicted molar refractivity (Wildman–Crippen MR) is 109 cm³/mol. The number of hydrogen-bond acceptors (Lipinski definition) is 2. The van der Waals surface area contributed by atoms with Crippen LogP contribution in [0.2, 0.25) is 0 Å².